The van der Waals surface area contributed by atoms with Gasteiger partial charge in [-0.3, -0.25) is 4.18 Å². The Balaban J connectivity index is 0.00000529. The van der Waals surface area contributed by atoms with Gasteiger partial charge in [-0.15, -0.1) is 0 Å². The summed E-state index contributed by atoms with van der Waals surface area (Å²) in [5.74, 6) is 0. The van der Waals surface area contributed by atoms with Gasteiger partial charge in [0, 0.05) is 0 Å². The van der Waals surface area contributed by atoms with Crippen LogP contribution in [0.2, 0.25) is 0 Å². The Labute approximate surface area is 148 Å². The molecule has 2 atom stereocenters. The van der Waals surface area contributed by atoms with Crippen molar-refractivity contribution in [1.82, 2.24) is 6.15 Å². The highest BCUT2D eigenvalue weighted by atomic mass is 32.3. The number of unbranched alkanes of at least 4 members (excludes halogenated alkanes) is 6. The Kier molecular flexibility index (Phi) is 9.98. The van der Waals surface area contributed by atoms with Crippen LogP contribution in [-0.4, -0.2) is 30.3 Å². The summed E-state index contributed by atoms with van der Waals surface area (Å²) in [6.07, 6.45) is 11.1. The largest absolute Gasteiger partial charge is 0.726 e. The Morgan fingerprint density at radius 2 is 1.58 bits per heavy atom. The van der Waals surface area contributed by atoms with Crippen LogP contribution in [0, 0.1) is 0 Å². The van der Waals surface area contributed by atoms with E-state index in [1.807, 2.05) is 6.92 Å². The van der Waals surface area contributed by atoms with E-state index in [4.69, 9.17) is 8.92 Å². The van der Waals surface area contributed by atoms with E-state index in [2.05, 4.69) is 6.92 Å². The van der Waals surface area contributed by atoms with E-state index in [0.29, 0.717) is 6.42 Å². The van der Waals surface area contributed by atoms with E-state index in [9.17, 15) is 13.0 Å². The molecule has 2 unspecified atom stereocenters. The Hall–Kier alpha value is -0.210. The zero-order valence-corrected chi connectivity index (χ0v) is 16.9. The first kappa shape index (κ1) is 23.8. The third-order valence-electron chi connectivity index (χ3n) is 4.84. The molecule has 0 saturated carbocycles. The molecule has 0 aromatic carbocycles. The highest BCUT2D eigenvalue weighted by molar-refractivity contribution is 7.80. The SMILES string of the molecule is CCCCCCCCCC1OC1(CCC)C(C)(C)OS(=O)(=O)[O-].[NH4+]. The maximum absolute atomic E-state index is 11.0. The van der Waals surface area contributed by atoms with E-state index in [1.165, 1.54) is 38.5 Å². The molecule has 1 rings (SSSR count). The maximum atomic E-state index is 11.0. The fourth-order valence-electron chi connectivity index (χ4n) is 3.55. The van der Waals surface area contributed by atoms with Crippen molar-refractivity contribution in [1.29, 1.82) is 0 Å². The molecule has 4 N–H and O–H groups in total. The Bertz CT molecular complexity index is 452. The molecule has 1 heterocycles. The predicted octanol–water partition coefficient (Wildman–Crippen LogP) is 4.70. The lowest BCUT2D eigenvalue weighted by atomic mass is 9.82. The molecule has 1 aliphatic heterocycles. The molecule has 0 bridgehead atoms. The fraction of sp³-hybridized carbons (Fsp3) is 1.00. The lowest BCUT2D eigenvalue weighted by molar-refractivity contribution is 0.00826. The van der Waals surface area contributed by atoms with Crippen LogP contribution in [0.3, 0.4) is 0 Å². The first-order valence-electron chi connectivity index (χ1n) is 9.03. The molecule has 0 aromatic heterocycles. The molecule has 7 heteroatoms. The zero-order valence-electron chi connectivity index (χ0n) is 16.1. The third-order valence-corrected chi connectivity index (χ3v) is 5.46. The average Bonchev–Trinajstić information content (AvgIpc) is 3.11. The first-order chi connectivity index (χ1) is 10.7. The molecule has 1 aliphatic rings. The van der Waals surface area contributed by atoms with Gasteiger partial charge in [0.2, 0.25) is 10.4 Å². The van der Waals surface area contributed by atoms with Gasteiger partial charge in [0.05, 0.1) is 6.10 Å². The van der Waals surface area contributed by atoms with Gasteiger partial charge >= 0.3 is 0 Å². The van der Waals surface area contributed by atoms with Crippen molar-refractivity contribution in [3.63, 3.8) is 0 Å². The minimum Gasteiger partial charge on any atom is -0.726 e. The van der Waals surface area contributed by atoms with Crippen LogP contribution in [0.1, 0.15) is 91.9 Å². The number of ether oxygens (including phenoxy) is 1. The molecule has 0 amide bonds. The molecule has 0 aromatic rings. The molecular weight excluding hydrogens is 330 g/mol. The van der Waals surface area contributed by atoms with Crippen LogP contribution in [0.25, 0.3) is 0 Å². The summed E-state index contributed by atoms with van der Waals surface area (Å²) in [4.78, 5) is 0. The van der Waals surface area contributed by atoms with Crippen LogP contribution in [0.5, 0.6) is 0 Å². The predicted molar refractivity (Wildman–Crippen MR) is 96.0 cm³/mol. The van der Waals surface area contributed by atoms with Crippen LogP contribution in [0.4, 0.5) is 0 Å². The lowest BCUT2D eigenvalue weighted by Gasteiger charge is -2.33. The van der Waals surface area contributed by atoms with E-state index < -0.39 is 21.6 Å². The van der Waals surface area contributed by atoms with E-state index >= 15 is 0 Å². The summed E-state index contributed by atoms with van der Waals surface area (Å²) in [5.41, 5.74) is -1.75. The van der Waals surface area contributed by atoms with Crippen molar-refractivity contribution in [2.45, 2.75) is 109 Å². The molecule has 0 aliphatic carbocycles. The van der Waals surface area contributed by atoms with Crippen molar-refractivity contribution in [2.24, 2.45) is 0 Å². The molecule has 1 fully saturated rings. The summed E-state index contributed by atoms with van der Waals surface area (Å²) >= 11 is 0. The van der Waals surface area contributed by atoms with Crippen LogP contribution >= 0.6 is 0 Å². The van der Waals surface area contributed by atoms with Gasteiger partial charge in [-0.25, -0.2) is 8.42 Å². The van der Waals surface area contributed by atoms with Gasteiger partial charge in [-0.1, -0.05) is 65.2 Å². The van der Waals surface area contributed by atoms with Crippen LogP contribution in [0.15, 0.2) is 0 Å². The monoisotopic (exact) mass is 367 g/mol. The fourth-order valence-corrected chi connectivity index (χ4v) is 4.20. The normalized spacial score (nSPS) is 23.8. The van der Waals surface area contributed by atoms with Crippen LogP contribution < -0.4 is 6.15 Å². The molecule has 1 saturated heterocycles. The maximum Gasteiger partial charge on any atom is 0.218 e. The second kappa shape index (κ2) is 10.1. The quantitative estimate of drug-likeness (QED) is 0.219. The number of epoxide rings is 1. The highest BCUT2D eigenvalue weighted by Crippen LogP contribution is 2.52. The minimum absolute atomic E-state index is 0. The first-order valence-corrected chi connectivity index (χ1v) is 10.4. The van der Waals surface area contributed by atoms with E-state index in [1.54, 1.807) is 13.8 Å². The minimum atomic E-state index is -4.73. The smallest absolute Gasteiger partial charge is 0.218 e. The standard InChI is InChI=1S/C17H34O5S.H3N/c1-5-7-8-9-10-11-12-13-15-17(21-15,14-6-2)16(3,4)22-23(18,19)20;/h15H,5-14H2,1-4H3,(H,18,19,20);1H3. The molecule has 0 radical (unpaired) electrons. The molecular formula is C17H37NO5S. The van der Waals surface area contributed by atoms with Gasteiger partial charge in [-0.05, 0) is 26.7 Å². The zero-order chi connectivity index (χ0) is 17.6. The molecule has 24 heavy (non-hydrogen) atoms. The molecule has 146 valence electrons. The number of quaternary nitrogens is 1. The highest BCUT2D eigenvalue weighted by Gasteiger charge is 2.65. The van der Waals surface area contributed by atoms with Crippen molar-refractivity contribution in [2.75, 3.05) is 0 Å². The van der Waals surface area contributed by atoms with Crippen molar-refractivity contribution >= 4 is 10.4 Å². The van der Waals surface area contributed by atoms with Gasteiger partial charge in [0.1, 0.15) is 11.2 Å². The lowest BCUT2D eigenvalue weighted by Crippen LogP contribution is -2.45. The van der Waals surface area contributed by atoms with Crippen molar-refractivity contribution in [3.05, 3.63) is 0 Å². The third kappa shape index (κ3) is 6.96. The molecule has 0 spiro atoms. The number of rotatable bonds is 13. The summed E-state index contributed by atoms with van der Waals surface area (Å²) in [6.45, 7) is 7.52. The number of hydrogen-bond acceptors (Lipinski definition) is 5. The van der Waals surface area contributed by atoms with Crippen molar-refractivity contribution in [3.8, 4) is 0 Å². The molecule has 6 nitrogen and oxygen atoms in total. The Morgan fingerprint density at radius 1 is 1.04 bits per heavy atom. The second-order valence-electron chi connectivity index (χ2n) is 7.16. The summed E-state index contributed by atoms with van der Waals surface area (Å²) in [7, 11) is -4.73. The van der Waals surface area contributed by atoms with Gasteiger partial charge in [0.15, 0.2) is 0 Å². The van der Waals surface area contributed by atoms with Crippen LogP contribution in [-0.2, 0) is 19.3 Å². The van der Waals surface area contributed by atoms with Crippen molar-refractivity contribution < 1.29 is 21.9 Å². The topological polar surface area (TPSA) is 115 Å². The van der Waals surface area contributed by atoms with Gasteiger partial charge in [-0.2, -0.15) is 0 Å². The van der Waals surface area contributed by atoms with E-state index in [0.717, 1.165) is 19.3 Å². The second-order valence-corrected chi connectivity index (χ2v) is 8.14. The summed E-state index contributed by atoms with van der Waals surface area (Å²) in [5, 5.41) is 0. The van der Waals surface area contributed by atoms with E-state index in [-0.39, 0.29) is 12.3 Å². The summed E-state index contributed by atoms with van der Waals surface area (Å²) < 4.78 is 43.6. The van der Waals surface area contributed by atoms with Gasteiger partial charge in [0.25, 0.3) is 0 Å². The summed E-state index contributed by atoms with van der Waals surface area (Å²) in [6, 6.07) is 0. The van der Waals surface area contributed by atoms with Gasteiger partial charge < -0.3 is 15.4 Å². The average molecular weight is 368 g/mol. The number of hydrogen-bond donors (Lipinski definition) is 1. The Morgan fingerprint density at radius 3 is 2.08 bits per heavy atom.